The number of nitrogens with zero attached hydrogens (tertiary/aromatic N) is 3. The standard InChI is InChI=1S/C66H43N3OSi/c1-4-20-44(21-5-1)67-55-30-14-10-27-50(55)54-43-48(39-41-58(54)67)71(46-22-6-2-7-23-46,47-24-8-3-9-25-47)64-37-19-34-61-66(64)51-28-12-16-32-57(51)68(61)45-38-40-59-53(42-45)49-26-11-15-31-56(49)69(59)60-33-18-36-63-65(60)52-29-13-17-35-62(52)70-63/h1-43H. The first-order chi connectivity index (χ1) is 35.3. The van der Waals surface area contributed by atoms with Gasteiger partial charge in [0, 0.05) is 49.1 Å². The van der Waals surface area contributed by atoms with Crippen molar-refractivity contribution in [2.24, 2.45) is 0 Å². The Morgan fingerprint density at radius 1 is 0.268 bits per heavy atom. The Bertz CT molecular complexity index is 4540. The summed E-state index contributed by atoms with van der Waals surface area (Å²) < 4.78 is 13.8. The van der Waals surface area contributed by atoms with E-state index in [1.807, 2.05) is 6.07 Å². The lowest BCUT2D eigenvalue weighted by Gasteiger charge is -2.35. The molecule has 11 aromatic carbocycles. The number of furan rings is 1. The van der Waals surface area contributed by atoms with Crippen molar-refractivity contribution in [3.05, 3.63) is 261 Å². The zero-order chi connectivity index (χ0) is 46.6. The fourth-order valence-corrected chi connectivity index (χ4v) is 17.3. The summed E-state index contributed by atoms with van der Waals surface area (Å²) in [5, 5.41) is 15.1. The summed E-state index contributed by atoms with van der Waals surface area (Å²) in [6.45, 7) is 0. The molecule has 4 aromatic heterocycles. The summed E-state index contributed by atoms with van der Waals surface area (Å²) in [6.07, 6.45) is 0. The van der Waals surface area contributed by atoms with E-state index in [0.29, 0.717) is 0 Å². The van der Waals surface area contributed by atoms with Gasteiger partial charge in [0.2, 0.25) is 0 Å². The van der Waals surface area contributed by atoms with Crippen molar-refractivity contribution in [2.45, 2.75) is 0 Å². The van der Waals surface area contributed by atoms with Crippen LogP contribution in [0.15, 0.2) is 265 Å². The second-order valence-electron chi connectivity index (χ2n) is 18.8. The molecule has 0 saturated heterocycles. The molecule has 0 amide bonds. The second kappa shape index (κ2) is 15.4. The lowest BCUT2D eigenvalue weighted by Crippen LogP contribution is -2.74. The molecule has 15 rings (SSSR count). The zero-order valence-corrected chi connectivity index (χ0v) is 39.6. The van der Waals surface area contributed by atoms with Crippen LogP contribution in [0.3, 0.4) is 0 Å². The van der Waals surface area contributed by atoms with Gasteiger partial charge in [-0.3, -0.25) is 0 Å². The zero-order valence-electron chi connectivity index (χ0n) is 38.6. The van der Waals surface area contributed by atoms with Gasteiger partial charge in [-0.2, -0.15) is 0 Å². The quantitative estimate of drug-likeness (QED) is 0.116. The Morgan fingerprint density at radius 3 is 1.48 bits per heavy atom. The molecule has 0 spiro atoms. The van der Waals surface area contributed by atoms with E-state index in [4.69, 9.17) is 4.42 Å². The number of fused-ring (bicyclic) bond motifs is 12. The van der Waals surface area contributed by atoms with Crippen molar-refractivity contribution in [1.29, 1.82) is 0 Å². The van der Waals surface area contributed by atoms with E-state index in [-0.39, 0.29) is 0 Å². The van der Waals surface area contributed by atoms with Crippen LogP contribution in [0.25, 0.3) is 104 Å². The van der Waals surface area contributed by atoms with Crippen LogP contribution in [0.4, 0.5) is 0 Å². The molecule has 0 saturated carbocycles. The molecule has 0 aliphatic heterocycles. The minimum Gasteiger partial charge on any atom is -0.456 e. The predicted molar refractivity (Wildman–Crippen MR) is 300 cm³/mol. The van der Waals surface area contributed by atoms with Gasteiger partial charge in [-0.05, 0) is 99.6 Å². The van der Waals surface area contributed by atoms with E-state index in [0.717, 1.165) is 50.0 Å². The van der Waals surface area contributed by atoms with Gasteiger partial charge in [-0.1, -0.05) is 182 Å². The highest BCUT2D eigenvalue weighted by molar-refractivity contribution is 7.21. The highest BCUT2D eigenvalue weighted by atomic mass is 28.3. The van der Waals surface area contributed by atoms with Gasteiger partial charge < -0.3 is 18.1 Å². The Kier molecular flexibility index (Phi) is 8.64. The van der Waals surface area contributed by atoms with Crippen LogP contribution >= 0.6 is 0 Å². The van der Waals surface area contributed by atoms with Crippen molar-refractivity contribution in [1.82, 2.24) is 13.7 Å². The molecule has 0 atom stereocenters. The molecule has 4 nitrogen and oxygen atoms in total. The molecule has 71 heavy (non-hydrogen) atoms. The molecule has 332 valence electrons. The number of aromatic nitrogens is 3. The molecule has 4 heterocycles. The van der Waals surface area contributed by atoms with Crippen LogP contribution in [0.1, 0.15) is 0 Å². The molecule has 5 heteroatoms. The summed E-state index contributed by atoms with van der Waals surface area (Å²) in [7, 11) is -3.13. The van der Waals surface area contributed by atoms with Crippen LogP contribution in [0, 0.1) is 0 Å². The van der Waals surface area contributed by atoms with Crippen LogP contribution < -0.4 is 20.7 Å². The molecular weight excluding hydrogens is 879 g/mol. The first-order valence-electron chi connectivity index (χ1n) is 24.4. The average Bonchev–Trinajstić information content (AvgIpc) is 4.19. The van der Waals surface area contributed by atoms with E-state index in [1.165, 1.54) is 75.1 Å². The molecule has 0 bridgehead atoms. The van der Waals surface area contributed by atoms with Crippen molar-refractivity contribution in [3.8, 4) is 17.1 Å². The molecule has 0 aliphatic carbocycles. The van der Waals surface area contributed by atoms with Gasteiger partial charge in [0.25, 0.3) is 0 Å². The van der Waals surface area contributed by atoms with Gasteiger partial charge in [-0.15, -0.1) is 0 Å². The molecule has 0 aliphatic rings. The summed E-state index contributed by atoms with van der Waals surface area (Å²) >= 11 is 0. The minimum atomic E-state index is -3.13. The Hall–Kier alpha value is -9.16. The normalized spacial score (nSPS) is 12.2. The fourth-order valence-electron chi connectivity index (χ4n) is 12.3. The molecule has 0 N–H and O–H groups in total. The summed E-state index contributed by atoms with van der Waals surface area (Å²) in [6, 6.07) is 96.5. The van der Waals surface area contributed by atoms with Crippen LogP contribution in [-0.2, 0) is 0 Å². The van der Waals surface area contributed by atoms with Crippen molar-refractivity contribution in [3.63, 3.8) is 0 Å². The summed E-state index contributed by atoms with van der Waals surface area (Å²) in [5.41, 5.74) is 12.3. The average molecular weight is 922 g/mol. The molecule has 15 aromatic rings. The first kappa shape index (κ1) is 39.8. The van der Waals surface area contributed by atoms with Crippen molar-refractivity contribution >= 4 is 116 Å². The monoisotopic (exact) mass is 921 g/mol. The summed E-state index contributed by atoms with van der Waals surface area (Å²) in [5.74, 6) is 0. The number of hydrogen-bond donors (Lipinski definition) is 0. The molecule has 0 unspecified atom stereocenters. The maximum Gasteiger partial charge on any atom is 0.180 e. The molecular formula is C66H43N3OSi. The number of rotatable bonds is 7. The largest absolute Gasteiger partial charge is 0.456 e. The van der Waals surface area contributed by atoms with Crippen molar-refractivity contribution < 1.29 is 4.42 Å². The third kappa shape index (κ3) is 5.66. The molecule has 0 radical (unpaired) electrons. The van der Waals surface area contributed by atoms with Gasteiger partial charge in [0.15, 0.2) is 8.07 Å². The Balaban J connectivity index is 1.02. The Labute approximate surface area is 410 Å². The highest BCUT2D eigenvalue weighted by Crippen LogP contribution is 2.41. The topological polar surface area (TPSA) is 27.9 Å². The molecule has 0 fully saturated rings. The fraction of sp³-hybridized carbons (Fsp3) is 0. The van der Waals surface area contributed by atoms with Gasteiger partial charge in [-0.25, -0.2) is 0 Å². The van der Waals surface area contributed by atoms with Crippen LogP contribution in [0.2, 0.25) is 0 Å². The predicted octanol–water partition coefficient (Wildman–Crippen LogP) is 14.3. The highest BCUT2D eigenvalue weighted by Gasteiger charge is 2.43. The van der Waals surface area contributed by atoms with Gasteiger partial charge >= 0.3 is 0 Å². The minimum absolute atomic E-state index is 0.886. The third-order valence-electron chi connectivity index (χ3n) is 15.2. The van der Waals surface area contributed by atoms with Gasteiger partial charge in [0.1, 0.15) is 11.2 Å². The van der Waals surface area contributed by atoms with Crippen molar-refractivity contribution in [2.75, 3.05) is 0 Å². The third-order valence-corrected chi connectivity index (χ3v) is 20.0. The summed E-state index contributed by atoms with van der Waals surface area (Å²) in [4.78, 5) is 0. The van der Waals surface area contributed by atoms with Crippen LogP contribution in [0.5, 0.6) is 0 Å². The number of benzene rings is 11. The number of para-hydroxylation sites is 5. The number of hydrogen-bond acceptors (Lipinski definition) is 1. The van der Waals surface area contributed by atoms with E-state index in [2.05, 4.69) is 268 Å². The maximum atomic E-state index is 6.42. The van der Waals surface area contributed by atoms with E-state index in [1.54, 1.807) is 0 Å². The first-order valence-corrected chi connectivity index (χ1v) is 26.4. The smallest absolute Gasteiger partial charge is 0.180 e. The van der Waals surface area contributed by atoms with Gasteiger partial charge in [0.05, 0.1) is 44.2 Å². The lowest BCUT2D eigenvalue weighted by atomic mass is 10.1. The maximum absolute atomic E-state index is 6.42. The van der Waals surface area contributed by atoms with Crippen LogP contribution in [-0.4, -0.2) is 21.8 Å². The second-order valence-corrected chi connectivity index (χ2v) is 22.5. The lowest BCUT2D eigenvalue weighted by molar-refractivity contribution is 0.669. The van der Waals surface area contributed by atoms with E-state index in [9.17, 15) is 0 Å². The SMILES string of the molecule is c1ccc(-n2c3ccccc3c3cc([Si](c4ccccc4)(c4ccccc4)c4cccc5c4c4ccccc4n5-c4ccc5c(c4)c4ccccc4n5-c4cccc5oc6ccccc6c45)ccc32)cc1. The van der Waals surface area contributed by atoms with E-state index < -0.39 is 8.07 Å². The van der Waals surface area contributed by atoms with E-state index >= 15 is 0 Å². The Morgan fingerprint density at radius 2 is 0.761 bits per heavy atom.